The van der Waals surface area contributed by atoms with Crippen LogP contribution in [0, 0.1) is 0 Å². The molecule has 0 aliphatic rings. The summed E-state index contributed by atoms with van der Waals surface area (Å²) in [5.41, 5.74) is 1.57. The molecule has 4 N–H and O–H groups in total. The summed E-state index contributed by atoms with van der Waals surface area (Å²) in [6.45, 7) is -2.65. The molecule has 0 spiro atoms. The molecule has 0 heterocycles. The van der Waals surface area contributed by atoms with Crippen LogP contribution in [0.4, 0.5) is 8.78 Å². The average Bonchev–Trinajstić information content (AvgIpc) is 2.67. The molecular weight excluding hydrogens is 356 g/mol. The van der Waals surface area contributed by atoms with Gasteiger partial charge < -0.3 is 20.7 Å². The summed E-state index contributed by atoms with van der Waals surface area (Å²) in [7, 11) is 1.53. The van der Waals surface area contributed by atoms with E-state index < -0.39 is 12.7 Å². The fraction of sp³-hybridized carbons (Fsp3) is 0.263. The van der Waals surface area contributed by atoms with Crippen LogP contribution in [0.25, 0.3) is 0 Å². The molecule has 0 unspecified atom stereocenters. The van der Waals surface area contributed by atoms with Crippen LogP contribution in [0.1, 0.15) is 17.2 Å². The monoisotopic (exact) mass is 378 g/mol. The maximum Gasteiger partial charge on any atom is 0.387 e. The number of ether oxygens (including phenoxy) is 1. The van der Waals surface area contributed by atoms with E-state index in [4.69, 9.17) is 0 Å². The second kappa shape index (κ2) is 10.2. The Bertz CT molecular complexity index is 740. The molecule has 0 radical (unpaired) electrons. The third kappa shape index (κ3) is 6.67. The highest BCUT2D eigenvalue weighted by Gasteiger charge is 2.18. The number of hydrogen-bond donors (Lipinski definition) is 3. The Morgan fingerprint density at radius 2 is 1.56 bits per heavy atom. The first kappa shape index (κ1) is 20.3. The number of nitrogens with one attached hydrogen (secondary N) is 2. The van der Waals surface area contributed by atoms with Crippen molar-refractivity contribution in [3.63, 3.8) is 0 Å². The van der Waals surface area contributed by atoms with Gasteiger partial charge in [-0.25, -0.2) is 0 Å². The zero-order valence-electron chi connectivity index (χ0n) is 14.8. The number of alkyl halides is 2. The second-order valence-corrected chi connectivity index (χ2v) is 5.73. The fourth-order valence-electron chi connectivity index (χ4n) is 2.50. The molecule has 144 valence electrons. The van der Waals surface area contributed by atoms with Crippen molar-refractivity contribution in [2.24, 2.45) is 0 Å². The van der Waals surface area contributed by atoms with Gasteiger partial charge in [0, 0.05) is 7.05 Å². The molecular formula is C19H22F2N3O3+. The standard InChI is InChI=1S/C19H21F2N3O3/c1-22-16(25)11-23-12-17(26)24-18(13-5-3-2-4-6-13)14-7-9-15(10-8-14)27-19(20)21/h2-10,18-19,23H,11-12H2,1H3,(H,22,25)(H,24,26)/p+1/t18-/m0/s1. The molecule has 2 aromatic rings. The van der Waals surface area contributed by atoms with Crippen molar-refractivity contribution in [2.45, 2.75) is 12.7 Å². The number of hydrogen-bond acceptors (Lipinski definition) is 3. The van der Waals surface area contributed by atoms with E-state index in [1.807, 2.05) is 30.3 Å². The maximum atomic E-state index is 12.3. The zero-order chi connectivity index (χ0) is 19.6. The van der Waals surface area contributed by atoms with Crippen LogP contribution in [0.3, 0.4) is 0 Å². The molecule has 2 rings (SSSR count). The fourth-order valence-corrected chi connectivity index (χ4v) is 2.50. The van der Waals surface area contributed by atoms with E-state index in [-0.39, 0.29) is 30.7 Å². The van der Waals surface area contributed by atoms with Crippen LogP contribution in [0.5, 0.6) is 5.75 Å². The van der Waals surface area contributed by atoms with Crippen molar-refractivity contribution >= 4 is 11.8 Å². The topological polar surface area (TPSA) is 84.0 Å². The third-order valence-corrected chi connectivity index (χ3v) is 3.82. The largest absolute Gasteiger partial charge is 0.435 e. The first-order valence-corrected chi connectivity index (χ1v) is 8.41. The number of likely N-dealkylation sites (N-methyl/N-ethyl adjacent to an activating group) is 1. The predicted octanol–water partition coefficient (Wildman–Crippen LogP) is 0.803. The van der Waals surface area contributed by atoms with E-state index in [1.54, 1.807) is 17.4 Å². The smallest absolute Gasteiger partial charge is 0.387 e. The van der Waals surface area contributed by atoms with Crippen molar-refractivity contribution in [1.82, 2.24) is 10.6 Å². The second-order valence-electron chi connectivity index (χ2n) is 5.73. The molecule has 0 fully saturated rings. The normalized spacial score (nSPS) is 11.7. The summed E-state index contributed by atoms with van der Waals surface area (Å²) in [5.74, 6) is -0.372. The van der Waals surface area contributed by atoms with E-state index in [0.29, 0.717) is 0 Å². The number of benzene rings is 2. The number of halogens is 2. The molecule has 2 aromatic carbocycles. The molecule has 0 aromatic heterocycles. The van der Waals surface area contributed by atoms with Crippen LogP contribution in [-0.2, 0) is 9.59 Å². The van der Waals surface area contributed by atoms with Crippen molar-refractivity contribution < 1.29 is 28.4 Å². The van der Waals surface area contributed by atoms with Gasteiger partial charge in [0.1, 0.15) is 5.75 Å². The van der Waals surface area contributed by atoms with Crippen molar-refractivity contribution in [1.29, 1.82) is 0 Å². The van der Waals surface area contributed by atoms with Gasteiger partial charge in [-0.2, -0.15) is 8.78 Å². The van der Waals surface area contributed by atoms with Crippen LogP contribution in [0.2, 0.25) is 0 Å². The summed E-state index contributed by atoms with van der Waals surface area (Å²) < 4.78 is 29.0. The van der Waals surface area contributed by atoms with Gasteiger partial charge in [0.2, 0.25) is 0 Å². The molecule has 0 saturated heterocycles. The lowest BCUT2D eigenvalue weighted by Crippen LogP contribution is -2.88. The van der Waals surface area contributed by atoms with E-state index in [0.717, 1.165) is 11.1 Å². The quantitative estimate of drug-likeness (QED) is 0.604. The van der Waals surface area contributed by atoms with Gasteiger partial charge in [-0.05, 0) is 23.3 Å². The number of rotatable bonds is 9. The van der Waals surface area contributed by atoms with Crippen LogP contribution >= 0.6 is 0 Å². The molecule has 2 amide bonds. The molecule has 0 saturated carbocycles. The Labute approximate surface area is 155 Å². The lowest BCUT2D eigenvalue weighted by Gasteiger charge is -2.20. The SMILES string of the molecule is CNC(=O)C[NH2+]CC(=O)N[C@@H](c1ccccc1)c1ccc(OC(F)F)cc1. The number of nitrogens with two attached hydrogens (primary N) is 1. The van der Waals surface area contributed by atoms with E-state index in [9.17, 15) is 18.4 Å². The summed E-state index contributed by atoms with van der Waals surface area (Å²) >= 11 is 0. The van der Waals surface area contributed by atoms with Gasteiger partial charge in [-0.3, -0.25) is 9.59 Å². The van der Waals surface area contributed by atoms with E-state index >= 15 is 0 Å². The molecule has 27 heavy (non-hydrogen) atoms. The van der Waals surface area contributed by atoms with Crippen molar-refractivity contribution in [3.8, 4) is 5.75 Å². The van der Waals surface area contributed by atoms with Gasteiger partial charge in [-0.1, -0.05) is 42.5 Å². The maximum absolute atomic E-state index is 12.3. The third-order valence-electron chi connectivity index (χ3n) is 3.82. The van der Waals surface area contributed by atoms with Crippen molar-refractivity contribution in [2.75, 3.05) is 20.1 Å². The van der Waals surface area contributed by atoms with Gasteiger partial charge >= 0.3 is 6.61 Å². The molecule has 0 aliphatic heterocycles. The number of quaternary nitrogens is 1. The molecule has 8 heteroatoms. The van der Waals surface area contributed by atoms with Gasteiger partial charge in [0.25, 0.3) is 11.8 Å². The Kier molecular flexibility index (Phi) is 7.69. The van der Waals surface area contributed by atoms with Crippen LogP contribution < -0.4 is 20.7 Å². The number of carbonyl (C=O) groups is 2. The molecule has 1 atom stereocenters. The average molecular weight is 378 g/mol. The lowest BCUT2D eigenvalue weighted by atomic mass is 9.98. The molecule has 0 aliphatic carbocycles. The number of amides is 2. The Morgan fingerprint density at radius 1 is 0.963 bits per heavy atom. The zero-order valence-corrected chi connectivity index (χ0v) is 14.8. The molecule has 0 bridgehead atoms. The Balaban J connectivity index is 2.10. The summed E-state index contributed by atoms with van der Waals surface area (Å²) in [6.07, 6.45) is 0. The summed E-state index contributed by atoms with van der Waals surface area (Å²) in [5, 5.41) is 6.99. The number of carbonyl (C=O) groups excluding carboxylic acids is 2. The van der Waals surface area contributed by atoms with Gasteiger partial charge in [0.05, 0.1) is 6.04 Å². The predicted molar refractivity (Wildman–Crippen MR) is 95.2 cm³/mol. The van der Waals surface area contributed by atoms with Crippen LogP contribution in [-0.4, -0.2) is 38.6 Å². The first-order chi connectivity index (χ1) is 13.0. The highest BCUT2D eigenvalue weighted by atomic mass is 19.3. The highest BCUT2D eigenvalue weighted by Crippen LogP contribution is 2.24. The Morgan fingerprint density at radius 3 is 2.15 bits per heavy atom. The lowest BCUT2D eigenvalue weighted by molar-refractivity contribution is -0.633. The van der Waals surface area contributed by atoms with Gasteiger partial charge in [-0.15, -0.1) is 0 Å². The van der Waals surface area contributed by atoms with Crippen LogP contribution in [0.15, 0.2) is 54.6 Å². The van der Waals surface area contributed by atoms with Gasteiger partial charge in [0.15, 0.2) is 13.1 Å². The Hall–Kier alpha value is -3.00. The minimum atomic E-state index is -2.89. The van der Waals surface area contributed by atoms with Crippen molar-refractivity contribution in [3.05, 3.63) is 65.7 Å². The van der Waals surface area contributed by atoms with E-state index in [2.05, 4.69) is 15.4 Å². The first-order valence-electron chi connectivity index (χ1n) is 8.41. The minimum absolute atomic E-state index is 0.0470. The minimum Gasteiger partial charge on any atom is -0.435 e. The summed E-state index contributed by atoms with van der Waals surface area (Å²) in [6, 6.07) is 15.0. The highest BCUT2D eigenvalue weighted by molar-refractivity contribution is 5.79. The summed E-state index contributed by atoms with van der Waals surface area (Å²) in [4.78, 5) is 23.5. The van der Waals surface area contributed by atoms with E-state index in [1.165, 1.54) is 19.2 Å². The molecule has 6 nitrogen and oxygen atoms in total.